The van der Waals surface area contributed by atoms with E-state index in [-0.39, 0.29) is 5.91 Å². The zero-order valence-electron chi connectivity index (χ0n) is 13.4. The lowest BCUT2D eigenvalue weighted by atomic mass is 10.2. The third-order valence-electron chi connectivity index (χ3n) is 3.65. The molecule has 23 heavy (non-hydrogen) atoms. The first kappa shape index (κ1) is 15.0. The normalized spacial score (nSPS) is 10.6. The Kier molecular flexibility index (Phi) is 3.93. The van der Waals surface area contributed by atoms with E-state index in [1.54, 1.807) is 6.07 Å². The molecule has 0 saturated heterocycles. The second-order valence-electron chi connectivity index (χ2n) is 5.41. The van der Waals surface area contributed by atoms with E-state index in [4.69, 9.17) is 0 Å². The van der Waals surface area contributed by atoms with Crippen molar-refractivity contribution in [3.8, 4) is 5.69 Å². The average Bonchev–Trinajstić information content (AvgIpc) is 2.84. The lowest BCUT2D eigenvalue weighted by Crippen LogP contribution is -2.15. The molecule has 0 unspecified atom stereocenters. The van der Waals surface area contributed by atoms with Gasteiger partial charge in [0.15, 0.2) is 0 Å². The van der Waals surface area contributed by atoms with Crippen LogP contribution in [-0.2, 0) is 0 Å². The lowest BCUT2D eigenvalue weighted by Gasteiger charge is -2.07. The number of pyridine rings is 1. The van der Waals surface area contributed by atoms with Gasteiger partial charge in [-0.1, -0.05) is 24.3 Å². The number of nitrogens with one attached hydrogen (secondary N) is 1. The minimum absolute atomic E-state index is 0.229. The summed E-state index contributed by atoms with van der Waals surface area (Å²) in [6.07, 6.45) is 0. The summed E-state index contributed by atoms with van der Waals surface area (Å²) >= 11 is 0. The molecule has 3 rings (SSSR count). The number of aromatic nitrogens is 3. The molecule has 0 bridgehead atoms. The van der Waals surface area contributed by atoms with Gasteiger partial charge in [0.05, 0.1) is 22.8 Å². The van der Waals surface area contributed by atoms with Crippen molar-refractivity contribution in [2.45, 2.75) is 20.8 Å². The van der Waals surface area contributed by atoms with Gasteiger partial charge in [0.25, 0.3) is 5.91 Å². The van der Waals surface area contributed by atoms with Crippen LogP contribution < -0.4 is 5.32 Å². The van der Waals surface area contributed by atoms with E-state index >= 15 is 0 Å². The second kappa shape index (κ2) is 6.04. The van der Waals surface area contributed by atoms with Crippen molar-refractivity contribution in [2.75, 3.05) is 5.32 Å². The Bertz CT molecular complexity index is 853. The summed E-state index contributed by atoms with van der Waals surface area (Å²) in [7, 11) is 0. The zero-order valence-corrected chi connectivity index (χ0v) is 13.4. The Labute approximate surface area is 135 Å². The van der Waals surface area contributed by atoms with E-state index in [0.29, 0.717) is 5.69 Å². The van der Waals surface area contributed by atoms with Gasteiger partial charge in [0.2, 0.25) is 0 Å². The van der Waals surface area contributed by atoms with E-state index in [0.717, 1.165) is 28.5 Å². The summed E-state index contributed by atoms with van der Waals surface area (Å²) in [5, 5.41) is 7.45. The lowest BCUT2D eigenvalue weighted by molar-refractivity contribution is 0.102. The average molecular weight is 306 g/mol. The van der Waals surface area contributed by atoms with Crippen LogP contribution in [-0.4, -0.2) is 20.7 Å². The molecule has 2 aromatic heterocycles. The molecule has 2 heterocycles. The molecule has 0 saturated carbocycles. The molecule has 1 amide bonds. The molecule has 116 valence electrons. The number of anilines is 1. The highest BCUT2D eigenvalue weighted by atomic mass is 16.1. The Balaban J connectivity index is 1.92. The standard InChI is InChI=1S/C18H18N4O/c1-12-8-7-11-16(19-12)18(23)20-17-13(2)21-22(14(17)3)15-9-5-4-6-10-15/h4-11H,1-3H3,(H,20,23). The topological polar surface area (TPSA) is 59.8 Å². The van der Waals surface area contributed by atoms with Crippen LogP contribution in [0.1, 0.15) is 27.6 Å². The van der Waals surface area contributed by atoms with Crippen LogP contribution in [0.3, 0.4) is 0 Å². The Morgan fingerprint density at radius 1 is 1.00 bits per heavy atom. The molecule has 3 aromatic rings. The van der Waals surface area contributed by atoms with Crippen molar-refractivity contribution in [1.82, 2.24) is 14.8 Å². The van der Waals surface area contributed by atoms with Crippen LogP contribution >= 0.6 is 0 Å². The van der Waals surface area contributed by atoms with Gasteiger partial charge in [-0.05, 0) is 45.0 Å². The highest BCUT2D eigenvalue weighted by Crippen LogP contribution is 2.23. The zero-order chi connectivity index (χ0) is 16.4. The van der Waals surface area contributed by atoms with Crippen molar-refractivity contribution < 1.29 is 4.79 Å². The van der Waals surface area contributed by atoms with Crippen LogP contribution in [0, 0.1) is 20.8 Å². The third-order valence-corrected chi connectivity index (χ3v) is 3.65. The Morgan fingerprint density at radius 3 is 2.43 bits per heavy atom. The van der Waals surface area contributed by atoms with Crippen molar-refractivity contribution >= 4 is 11.6 Å². The van der Waals surface area contributed by atoms with E-state index < -0.39 is 0 Å². The smallest absolute Gasteiger partial charge is 0.274 e. The molecule has 0 radical (unpaired) electrons. The fraction of sp³-hybridized carbons (Fsp3) is 0.167. The molecule has 0 fully saturated rings. The van der Waals surface area contributed by atoms with Gasteiger partial charge >= 0.3 is 0 Å². The van der Waals surface area contributed by atoms with Crippen LogP contribution in [0.5, 0.6) is 0 Å². The van der Waals surface area contributed by atoms with Crippen molar-refractivity contribution in [2.24, 2.45) is 0 Å². The van der Waals surface area contributed by atoms with Crippen LogP contribution in [0.4, 0.5) is 5.69 Å². The SMILES string of the molecule is Cc1cccc(C(=O)Nc2c(C)nn(-c3ccccc3)c2C)n1. The minimum Gasteiger partial charge on any atom is -0.317 e. The molecule has 5 nitrogen and oxygen atoms in total. The predicted molar refractivity (Wildman–Crippen MR) is 90.0 cm³/mol. The van der Waals surface area contributed by atoms with E-state index in [1.807, 2.05) is 67.9 Å². The van der Waals surface area contributed by atoms with Crippen molar-refractivity contribution in [3.05, 3.63) is 71.3 Å². The molecule has 0 spiro atoms. The highest BCUT2D eigenvalue weighted by Gasteiger charge is 2.16. The van der Waals surface area contributed by atoms with Gasteiger partial charge in [-0.2, -0.15) is 5.10 Å². The minimum atomic E-state index is -0.229. The number of hydrogen-bond acceptors (Lipinski definition) is 3. The highest BCUT2D eigenvalue weighted by molar-refractivity contribution is 6.03. The first-order valence-electron chi connectivity index (χ1n) is 7.43. The Hall–Kier alpha value is -2.95. The van der Waals surface area contributed by atoms with E-state index in [9.17, 15) is 4.79 Å². The van der Waals surface area contributed by atoms with Crippen molar-refractivity contribution in [1.29, 1.82) is 0 Å². The van der Waals surface area contributed by atoms with Crippen LogP contribution in [0.25, 0.3) is 5.69 Å². The molecule has 0 atom stereocenters. The molecular weight excluding hydrogens is 288 g/mol. The number of carbonyl (C=O) groups is 1. The summed E-state index contributed by atoms with van der Waals surface area (Å²) in [6.45, 7) is 5.68. The van der Waals surface area contributed by atoms with Gasteiger partial charge in [0, 0.05) is 5.69 Å². The Morgan fingerprint density at radius 2 is 1.74 bits per heavy atom. The summed E-state index contributed by atoms with van der Waals surface area (Å²) in [5.74, 6) is -0.229. The molecule has 1 aromatic carbocycles. The van der Waals surface area contributed by atoms with Crippen LogP contribution in [0.2, 0.25) is 0 Å². The maximum Gasteiger partial charge on any atom is 0.274 e. The van der Waals surface area contributed by atoms with Gasteiger partial charge in [0.1, 0.15) is 5.69 Å². The van der Waals surface area contributed by atoms with Gasteiger partial charge < -0.3 is 5.32 Å². The van der Waals surface area contributed by atoms with Crippen LogP contribution in [0.15, 0.2) is 48.5 Å². The largest absolute Gasteiger partial charge is 0.317 e. The third kappa shape index (κ3) is 2.99. The number of para-hydroxylation sites is 1. The van der Waals surface area contributed by atoms with Gasteiger partial charge in [-0.15, -0.1) is 0 Å². The number of benzene rings is 1. The fourth-order valence-electron chi connectivity index (χ4n) is 2.49. The number of hydrogen-bond donors (Lipinski definition) is 1. The maximum atomic E-state index is 12.4. The summed E-state index contributed by atoms with van der Waals surface area (Å²) < 4.78 is 1.83. The van der Waals surface area contributed by atoms with E-state index in [1.165, 1.54) is 0 Å². The summed E-state index contributed by atoms with van der Waals surface area (Å²) in [4.78, 5) is 16.7. The molecule has 0 aliphatic heterocycles. The quantitative estimate of drug-likeness (QED) is 0.806. The number of amides is 1. The summed E-state index contributed by atoms with van der Waals surface area (Å²) in [6, 6.07) is 15.2. The number of carbonyl (C=O) groups excluding carboxylic acids is 1. The molecule has 5 heteroatoms. The fourth-order valence-corrected chi connectivity index (χ4v) is 2.49. The molecule has 0 aliphatic rings. The first-order chi connectivity index (χ1) is 11.1. The number of rotatable bonds is 3. The van der Waals surface area contributed by atoms with Gasteiger partial charge in [-0.3, -0.25) is 4.79 Å². The number of aryl methyl sites for hydroxylation is 2. The van der Waals surface area contributed by atoms with Crippen molar-refractivity contribution in [3.63, 3.8) is 0 Å². The molecular formula is C18H18N4O. The predicted octanol–water partition coefficient (Wildman–Crippen LogP) is 3.44. The number of nitrogens with zero attached hydrogens (tertiary/aromatic N) is 3. The first-order valence-corrected chi connectivity index (χ1v) is 7.43. The summed E-state index contributed by atoms with van der Waals surface area (Å²) in [5.41, 5.74) is 4.55. The van der Waals surface area contributed by atoms with E-state index in [2.05, 4.69) is 15.4 Å². The molecule has 1 N–H and O–H groups in total. The maximum absolute atomic E-state index is 12.4. The van der Waals surface area contributed by atoms with Gasteiger partial charge in [-0.25, -0.2) is 9.67 Å². The second-order valence-corrected chi connectivity index (χ2v) is 5.41. The monoisotopic (exact) mass is 306 g/mol. The molecule has 0 aliphatic carbocycles.